The van der Waals surface area contributed by atoms with Gasteiger partial charge >= 0.3 is 0 Å². The lowest BCUT2D eigenvalue weighted by atomic mass is 10.2. The Hall–Kier alpha value is -2.91. The molecule has 6 nitrogen and oxygen atoms in total. The molecule has 0 radical (unpaired) electrons. The molecule has 0 bridgehead atoms. The average molecular weight is 580 g/mol. The van der Waals surface area contributed by atoms with Crippen LogP contribution in [-0.2, 0) is 6.61 Å². The van der Waals surface area contributed by atoms with E-state index in [4.69, 9.17) is 14.2 Å². The van der Waals surface area contributed by atoms with Crippen molar-refractivity contribution in [1.29, 1.82) is 0 Å². The molecule has 172 valence electrons. The highest BCUT2D eigenvalue weighted by atomic mass is 79.9. The molecular formula is C24H21Br2FN2O4. The van der Waals surface area contributed by atoms with Crippen LogP contribution in [0.4, 0.5) is 4.39 Å². The fourth-order valence-electron chi connectivity index (χ4n) is 2.84. The summed E-state index contributed by atoms with van der Waals surface area (Å²) in [7, 11) is 1.54. The van der Waals surface area contributed by atoms with Gasteiger partial charge in [-0.3, -0.25) is 4.79 Å². The van der Waals surface area contributed by atoms with Gasteiger partial charge in [0.2, 0.25) is 0 Å². The first-order valence-corrected chi connectivity index (χ1v) is 11.5. The number of carbonyl (C=O) groups excluding carboxylic acids is 1. The van der Waals surface area contributed by atoms with Crippen molar-refractivity contribution in [2.24, 2.45) is 5.10 Å². The maximum Gasteiger partial charge on any atom is 0.271 e. The second kappa shape index (κ2) is 11.8. The van der Waals surface area contributed by atoms with Gasteiger partial charge in [0.05, 0.1) is 28.9 Å². The molecule has 0 unspecified atom stereocenters. The summed E-state index contributed by atoms with van der Waals surface area (Å²) < 4.78 is 31.0. The highest BCUT2D eigenvalue weighted by molar-refractivity contribution is 9.11. The molecule has 0 aliphatic heterocycles. The molecule has 1 N–H and O–H groups in total. The van der Waals surface area contributed by atoms with Gasteiger partial charge in [0.25, 0.3) is 5.91 Å². The highest BCUT2D eigenvalue weighted by Gasteiger charge is 2.12. The fourth-order valence-corrected chi connectivity index (χ4v) is 4.30. The van der Waals surface area contributed by atoms with Gasteiger partial charge in [-0.1, -0.05) is 12.1 Å². The Morgan fingerprint density at radius 3 is 2.36 bits per heavy atom. The smallest absolute Gasteiger partial charge is 0.271 e. The number of hydrogen-bond acceptors (Lipinski definition) is 5. The minimum atomic E-state index is -0.382. The normalized spacial score (nSPS) is 10.8. The summed E-state index contributed by atoms with van der Waals surface area (Å²) >= 11 is 6.97. The van der Waals surface area contributed by atoms with E-state index in [1.807, 2.05) is 6.92 Å². The van der Waals surface area contributed by atoms with Crippen molar-refractivity contribution in [1.82, 2.24) is 5.43 Å². The van der Waals surface area contributed by atoms with E-state index < -0.39 is 0 Å². The lowest BCUT2D eigenvalue weighted by Crippen LogP contribution is -2.17. The third-order valence-corrected chi connectivity index (χ3v) is 5.60. The molecule has 0 aliphatic rings. The second-order valence-corrected chi connectivity index (χ2v) is 8.44. The first-order valence-electron chi connectivity index (χ1n) is 9.91. The number of methoxy groups -OCH3 is 1. The number of halogens is 3. The quantitative estimate of drug-likeness (QED) is 0.246. The van der Waals surface area contributed by atoms with Gasteiger partial charge in [-0.15, -0.1) is 0 Å². The predicted molar refractivity (Wildman–Crippen MR) is 132 cm³/mol. The molecule has 0 fully saturated rings. The highest BCUT2D eigenvalue weighted by Crippen LogP contribution is 2.35. The van der Waals surface area contributed by atoms with Crippen LogP contribution in [-0.4, -0.2) is 25.8 Å². The van der Waals surface area contributed by atoms with E-state index in [-0.39, 0.29) is 18.3 Å². The maximum absolute atomic E-state index is 13.0. The summed E-state index contributed by atoms with van der Waals surface area (Å²) in [4.78, 5) is 12.4. The zero-order valence-electron chi connectivity index (χ0n) is 17.9. The molecule has 0 saturated carbocycles. The molecular weight excluding hydrogens is 559 g/mol. The number of carbonyl (C=O) groups is 1. The number of nitrogens with zero attached hydrogens (tertiary/aromatic N) is 1. The lowest BCUT2D eigenvalue weighted by molar-refractivity contribution is 0.0954. The van der Waals surface area contributed by atoms with Gasteiger partial charge in [0.1, 0.15) is 18.2 Å². The monoisotopic (exact) mass is 578 g/mol. The van der Waals surface area contributed by atoms with Crippen molar-refractivity contribution < 1.29 is 23.4 Å². The van der Waals surface area contributed by atoms with E-state index in [0.717, 1.165) is 11.1 Å². The molecule has 9 heteroatoms. The van der Waals surface area contributed by atoms with Crippen LogP contribution in [0.15, 0.2) is 68.6 Å². The summed E-state index contributed by atoms with van der Waals surface area (Å²) in [5, 5.41) is 4.04. The number of benzene rings is 3. The van der Waals surface area contributed by atoms with E-state index in [0.29, 0.717) is 38.4 Å². The number of nitrogens with one attached hydrogen (secondary N) is 1. The predicted octanol–water partition coefficient (Wildman–Crippen LogP) is 6.10. The Labute approximate surface area is 208 Å². The van der Waals surface area contributed by atoms with Crippen LogP contribution in [0.1, 0.15) is 28.4 Å². The molecule has 3 aromatic carbocycles. The Balaban J connectivity index is 1.64. The summed E-state index contributed by atoms with van der Waals surface area (Å²) in [6.45, 7) is 2.59. The van der Waals surface area contributed by atoms with Crippen molar-refractivity contribution in [2.45, 2.75) is 13.5 Å². The van der Waals surface area contributed by atoms with Crippen LogP contribution < -0.4 is 19.6 Å². The number of hydrogen-bond donors (Lipinski definition) is 1. The molecule has 0 spiro atoms. The van der Waals surface area contributed by atoms with Gasteiger partial charge < -0.3 is 14.2 Å². The second-order valence-electron chi connectivity index (χ2n) is 6.73. The summed E-state index contributed by atoms with van der Waals surface area (Å²) in [6.07, 6.45) is 1.52. The Morgan fingerprint density at radius 2 is 1.73 bits per heavy atom. The van der Waals surface area contributed by atoms with Crippen LogP contribution >= 0.6 is 31.9 Å². The molecule has 0 heterocycles. The van der Waals surface area contributed by atoms with Gasteiger partial charge in [0.15, 0.2) is 11.5 Å². The zero-order chi connectivity index (χ0) is 23.8. The number of amides is 1. The Kier molecular flexibility index (Phi) is 8.85. The van der Waals surface area contributed by atoms with E-state index in [1.165, 1.54) is 25.5 Å². The first kappa shape index (κ1) is 24.7. The SMILES string of the molecule is CCOc1cc(C(=O)N/N=C/c2cc(Br)c(OCc3ccc(F)cc3)c(Br)c2)ccc1OC. The van der Waals surface area contributed by atoms with Crippen molar-refractivity contribution >= 4 is 44.0 Å². The van der Waals surface area contributed by atoms with Crippen LogP contribution in [0.25, 0.3) is 0 Å². The van der Waals surface area contributed by atoms with Crippen molar-refractivity contribution in [3.05, 3.63) is 86.1 Å². The largest absolute Gasteiger partial charge is 0.493 e. The molecule has 0 atom stereocenters. The number of ether oxygens (including phenoxy) is 3. The third-order valence-electron chi connectivity index (χ3n) is 4.42. The topological polar surface area (TPSA) is 69.2 Å². The van der Waals surface area contributed by atoms with E-state index in [9.17, 15) is 9.18 Å². The molecule has 0 aromatic heterocycles. The first-order chi connectivity index (χ1) is 15.9. The fraction of sp³-hybridized carbons (Fsp3) is 0.167. The minimum absolute atomic E-state index is 0.284. The lowest BCUT2D eigenvalue weighted by Gasteiger charge is -2.11. The zero-order valence-corrected chi connectivity index (χ0v) is 21.1. The van der Waals surface area contributed by atoms with Gasteiger partial charge in [-0.2, -0.15) is 5.10 Å². The van der Waals surface area contributed by atoms with E-state index in [1.54, 1.807) is 42.5 Å². The van der Waals surface area contributed by atoms with E-state index >= 15 is 0 Å². The van der Waals surface area contributed by atoms with Crippen molar-refractivity contribution in [2.75, 3.05) is 13.7 Å². The number of hydrazone groups is 1. The Bertz CT molecular complexity index is 1130. The average Bonchev–Trinajstić information content (AvgIpc) is 2.80. The van der Waals surface area contributed by atoms with Crippen molar-refractivity contribution in [3.8, 4) is 17.2 Å². The van der Waals surface area contributed by atoms with Gasteiger partial charge in [-0.05, 0) is 92.4 Å². The van der Waals surface area contributed by atoms with Crippen LogP contribution in [0, 0.1) is 5.82 Å². The molecule has 3 rings (SSSR count). The summed E-state index contributed by atoms with van der Waals surface area (Å²) in [6, 6.07) is 14.6. The van der Waals surface area contributed by atoms with Crippen LogP contribution in [0.2, 0.25) is 0 Å². The Morgan fingerprint density at radius 1 is 1.03 bits per heavy atom. The van der Waals surface area contributed by atoms with Gasteiger partial charge in [0, 0.05) is 5.56 Å². The summed E-state index contributed by atoms with van der Waals surface area (Å²) in [5.41, 5.74) is 4.46. The molecule has 1 amide bonds. The van der Waals surface area contributed by atoms with E-state index in [2.05, 4.69) is 42.4 Å². The molecule has 0 saturated heterocycles. The summed E-state index contributed by atoms with van der Waals surface area (Å²) in [5.74, 6) is 0.960. The third kappa shape index (κ3) is 6.79. The molecule has 33 heavy (non-hydrogen) atoms. The van der Waals surface area contributed by atoms with Gasteiger partial charge in [-0.25, -0.2) is 9.82 Å². The maximum atomic E-state index is 13.0. The number of rotatable bonds is 9. The standard InChI is InChI=1S/C24H21Br2FN2O4/c1-3-32-22-12-17(6-9-21(22)31-2)24(30)29-28-13-16-10-19(25)23(20(26)11-16)33-14-15-4-7-18(27)8-5-15/h4-13H,3,14H2,1-2H3,(H,29,30)/b28-13+. The van der Waals surface area contributed by atoms with Crippen molar-refractivity contribution in [3.63, 3.8) is 0 Å². The molecule has 3 aromatic rings. The van der Waals surface area contributed by atoms with Crippen LogP contribution in [0.3, 0.4) is 0 Å². The minimum Gasteiger partial charge on any atom is -0.493 e. The van der Waals surface area contributed by atoms with Crippen LogP contribution in [0.5, 0.6) is 17.2 Å². The molecule has 0 aliphatic carbocycles.